The van der Waals surface area contributed by atoms with Crippen LogP contribution in [0.5, 0.6) is 0 Å². The minimum absolute atomic E-state index is 0.0658. The number of hydrogen-bond acceptors (Lipinski definition) is 4. The third kappa shape index (κ3) is 2.50. The van der Waals surface area contributed by atoms with E-state index in [0.717, 1.165) is 0 Å². The second-order valence-corrected chi connectivity index (χ2v) is 3.92. The van der Waals surface area contributed by atoms with E-state index in [0.29, 0.717) is 5.82 Å². The van der Waals surface area contributed by atoms with E-state index in [4.69, 9.17) is 11.6 Å². The van der Waals surface area contributed by atoms with Gasteiger partial charge in [-0.3, -0.25) is 0 Å². The number of nitrogens with zero attached hydrogens (tertiary/aromatic N) is 3. The third-order valence-electron chi connectivity index (χ3n) is 2.14. The quantitative estimate of drug-likeness (QED) is 0.851. The zero-order valence-corrected chi connectivity index (χ0v) is 8.72. The molecule has 0 saturated heterocycles. The van der Waals surface area contributed by atoms with Gasteiger partial charge in [-0.15, -0.1) is 0 Å². The van der Waals surface area contributed by atoms with Crippen molar-refractivity contribution in [2.45, 2.75) is 31.7 Å². The first-order valence-corrected chi connectivity index (χ1v) is 4.85. The molecule has 4 nitrogen and oxygen atoms in total. The van der Waals surface area contributed by atoms with Crippen molar-refractivity contribution in [3.8, 4) is 0 Å². The zero-order valence-electron chi connectivity index (χ0n) is 7.97. The zero-order chi connectivity index (χ0) is 11.1. The standard InChI is InChI=1S/C8H9ClF2N4/c1-4-12-6(9)15-7(13-4)14-5-2-8(10,11)3-5/h5H,2-3H2,1H3,(H,12,13,14,15). The molecule has 0 aliphatic heterocycles. The van der Waals surface area contributed by atoms with Gasteiger partial charge in [0, 0.05) is 18.9 Å². The second kappa shape index (κ2) is 3.52. The summed E-state index contributed by atoms with van der Waals surface area (Å²) in [6.45, 7) is 1.66. The van der Waals surface area contributed by atoms with Crippen molar-refractivity contribution < 1.29 is 8.78 Å². The van der Waals surface area contributed by atoms with Crippen LogP contribution in [0.25, 0.3) is 0 Å². The lowest BCUT2D eigenvalue weighted by molar-refractivity contribution is -0.0794. The van der Waals surface area contributed by atoms with Crippen LogP contribution in [0.3, 0.4) is 0 Å². The van der Waals surface area contributed by atoms with E-state index in [-0.39, 0.29) is 30.1 Å². The van der Waals surface area contributed by atoms with Crippen molar-refractivity contribution in [3.63, 3.8) is 0 Å². The molecule has 0 amide bonds. The van der Waals surface area contributed by atoms with Crippen LogP contribution in [0.2, 0.25) is 5.28 Å². The molecular formula is C8H9ClF2N4. The number of hydrogen-bond donors (Lipinski definition) is 1. The average molecular weight is 235 g/mol. The minimum Gasteiger partial charge on any atom is -0.351 e. The van der Waals surface area contributed by atoms with Gasteiger partial charge in [0.2, 0.25) is 11.2 Å². The Morgan fingerprint density at radius 3 is 2.53 bits per heavy atom. The molecule has 1 saturated carbocycles. The van der Waals surface area contributed by atoms with E-state index in [1.165, 1.54) is 0 Å². The molecule has 1 aliphatic rings. The molecule has 0 unspecified atom stereocenters. The maximum atomic E-state index is 12.5. The SMILES string of the molecule is Cc1nc(Cl)nc(NC2CC(F)(F)C2)n1. The third-order valence-corrected chi connectivity index (χ3v) is 2.31. The highest BCUT2D eigenvalue weighted by Gasteiger charge is 2.45. The van der Waals surface area contributed by atoms with Gasteiger partial charge in [0.05, 0.1) is 0 Å². The first-order valence-electron chi connectivity index (χ1n) is 4.47. The summed E-state index contributed by atoms with van der Waals surface area (Å²) >= 11 is 5.60. The van der Waals surface area contributed by atoms with Crippen LogP contribution >= 0.6 is 11.6 Å². The van der Waals surface area contributed by atoms with Crippen LogP contribution in [-0.4, -0.2) is 26.9 Å². The number of aryl methyl sites for hydroxylation is 1. The fraction of sp³-hybridized carbons (Fsp3) is 0.625. The fourth-order valence-corrected chi connectivity index (χ4v) is 1.66. The highest BCUT2D eigenvalue weighted by atomic mass is 35.5. The number of nitrogens with one attached hydrogen (secondary N) is 1. The molecule has 0 atom stereocenters. The van der Waals surface area contributed by atoms with E-state index < -0.39 is 5.92 Å². The summed E-state index contributed by atoms with van der Waals surface area (Å²) in [7, 11) is 0. The molecule has 1 fully saturated rings. The predicted octanol–water partition coefficient (Wildman–Crippen LogP) is 2.04. The van der Waals surface area contributed by atoms with Gasteiger partial charge in [-0.05, 0) is 18.5 Å². The Bertz CT molecular complexity index is 357. The first-order chi connectivity index (χ1) is 6.94. The normalized spacial score (nSPS) is 19.7. The van der Waals surface area contributed by atoms with Gasteiger partial charge in [-0.2, -0.15) is 9.97 Å². The van der Waals surface area contributed by atoms with E-state index >= 15 is 0 Å². The highest BCUT2D eigenvalue weighted by Crippen LogP contribution is 2.38. The van der Waals surface area contributed by atoms with Crippen molar-refractivity contribution in [2.75, 3.05) is 5.32 Å². The molecule has 1 aromatic rings. The topological polar surface area (TPSA) is 50.7 Å². The summed E-state index contributed by atoms with van der Waals surface area (Å²) in [5.74, 6) is -1.83. The molecule has 0 aromatic carbocycles. The molecule has 1 aromatic heterocycles. The summed E-state index contributed by atoms with van der Waals surface area (Å²) in [5.41, 5.74) is 0. The van der Waals surface area contributed by atoms with Crippen molar-refractivity contribution in [1.29, 1.82) is 0 Å². The van der Waals surface area contributed by atoms with Crippen LogP contribution in [0.4, 0.5) is 14.7 Å². The van der Waals surface area contributed by atoms with Gasteiger partial charge in [-0.1, -0.05) is 0 Å². The predicted molar refractivity (Wildman–Crippen MR) is 51.2 cm³/mol. The Balaban J connectivity index is 2.00. The van der Waals surface area contributed by atoms with Crippen molar-refractivity contribution in [1.82, 2.24) is 15.0 Å². The molecule has 15 heavy (non-hydrogen) atoms. The van der Waals surface area contributed by atoms with Crippen LogP contribution in [-0.2, 0) is 0 Å². The Hall–Kier alpha value is -1.04. The molecule has 0 bridgehead atoms. The highest BCUT2D eigenvalue weighted by molar-refractivity contribution is 6.28. The summed E-state index contributed by atoms with van der Waals surface area (Å²) in [6, 6.07) is -0.280. The van der Waals surface area contributed by atoms with Gasteiger partial charge in [-0.25, -0.2) is 13.8 Å². The van der Waals surface area contributed by atoms with E-state index in [1.54, 1.807) is 6.92 Å². The number of halogens is 3. The Morgan fingerprint density at radius 1 is 1.33 bits per heavy atom. The summed E-state index contributed by atoms with van der Waals surface area (Å²) in [5, 5.41) is 2.85. The summed E-state index contributed by atoms with van der Waals surface area (Å²) in [4.78, 5) is 11.5. The molecule has 2 rings (SSSR count). The molecule has 82 valence electrons. The van der Waals surface area contributed by atoms with Gasteiger partial charge >= 0.3 is 0 Å². The molecule has 0 radical (unpaired) electrons. The van der Waals surface area contributed by atoms with Gasteiger partial charge in [0.15, 0.2) is 0 Å². The molecule has 1 aliphatic carbocycles. The molecular weight excluding hydrogens is 226 g/mol. The van der Waals surface area contributed by atoms with Gasteiger partial charge in [0.25, 0.3) is 5.92 Å². The number of aromatic nitrogens is 3. The van der Waals surface area contributed by atoms with E-state index in [9.17, 15) is 8.78 Å². The number of alkyl halides is 2. The lowest BCUT2D eigenvalue weighted by atomic mass is 9.88. The lowest BCUT2D eigenvalue weighted by Gasteiger charge is -2.35. The van der Waals surface area contributed by atoms with Crippen molar-refractivity contribution in [2.24, 2.45) is 0 Å². The van der Waals surface area contributed by atoms with E-state index in [2.05, 4.69) is 20.3 Å². The monoisotopic (exact) mass is 234 g/mol. The second-order valence-electron chi connectivity index (χ2n) is 3.58. The maximum Gasteiger partial charge on any atom is 0.252 e. The minimum atomic E-state index is -2.55. The van der Waals surface area contributed by atoms with Crippen molar-refractivity contribution in [3.05, 3.63) is 11.1 Å². The number of rotatable bonds is 2. The smallest absolute Gasteiger partial charge is 0.252 e. The largest absolute Gasteiger partial charge is 0.351 e. The molecule has 0 spiro atoms. The summed E-state index contributed by atoms with van der Waals surface area (Å²) < 4.78 is 25.1. The molecule has 1 N–H and O–H groups in total. The van der Waals surface area contributed by atoms with Crippen LogP contribution in [0.15, 0.2) is 0 Å². The molecule has 1 heterocycles. The Labute approximate surface area is 90.1 Å². The molecule has 7 heteroatoms. The summed E-state index contributed by atoms with van der Waals surface area (Å²) in [6.07, 6.45) is -0.370. The van der Waals surface area contributed by atoms with Crippen LogP contribution < -0.4 is 5.32 Å². The number of anilines is 1. The first kappa shape index (κ1) is 10.5. The van der Waals surface area contributed by atoms with Crippen LogP contribution in [0, 0.1) is 6.92 Å². The van der Waals surface area contributed by atoms with Crippen LogP contribution in [0.1, 0.15) is 18.7 Å². The Kier molecular flexibility index (Phi) is 2.46. The van der Waals surface area contributed by atoms with E-state index in [1.807, 2.05) is 0 Å². The lowest BCUT2D eigenvalue weighted by Crippen LogP contribution is -2.44. The maximum absolute atomic E-state index is 12.5. The van der Waals surface area contributed by atoms with Gasteiger partial charge < -0.3 is 5.32 Å². The average Bonchev–Trinajstić information content (AvgIpc) is 1.97. The fourth-order valence-electron chi connectivity index (χ4n) is 1.46. The Morgan fingerprint density at radius 2 is 2.00 bits per heavy atom. The van der Waals surface area contributed by atoms with Gasteiger partial charge in [0.1, 0.15) is 5.82 Å². The van der Waals surface area contributed by atoms with Crippen molar-refractivity contribution >= 4 is 17.5 Å².